The van der Waals surface area contributed by atoms with Crippen molar-refractivity contribution in [2.75, 3.05) is 11.9 Å². The van der Waals surface area contributed by atoms with Crippen molar-refractivity contribution in [2.24, 2.45) is 0 Å². The molecule has 2 aromatic carbocycles. The summed E-state index contributed by atoms with van der Waals surface area (Å²) >= 11 is 0. The molecule has 5 heteroatoms. The number of nitrogens with one attached hydrogen (secondary N) is 1. The molecule has 126 valence electrons. The van der Waals surface area contributed by atoms with Gasteiger partial charge in [-0.2, -0.15) is 0 Å². The second kappa shape index (κ2) is 8.49. The Balaban J connectivity index is 1.57. The molecular formula is C20H18N2O3. The number of nitrogens with zero attached hydrogens (tertiary/aromatic N) is 1. The van der Waals surface area contributed by atoms with Crippen molar-refractivity contribution in [3.63, 3.8) is 0 Å². The van der Waals surface area contributed by atoms with E-state index in [2.05, 4.69) is 10.3 Å². The van der Waals surface area contributed by atoms with Crippen molar-refractivity contribution in [1.82, 2.24) is 4.98 Å². The van der Waals surface area contributed by atoms with E-state index in [1.807, 2.05) is 48.5 Å². The summed E-state index contributed by atoms with van der Waals surface area (Å²) in [6.07, 6.45) is 1.60. The maximum Gasteiger partial charge on any atom is 0.263 e. The van der Waals surface area contributed by atoms with Crippen molar-refractivity contribution in [2.45, 2.75) is 6.61 Å². The first-order chi connectivity index (χ1) is 12.3. The first-order valence-corrected chi connectivity index (χ1v) is 7.91. The minimum Gasteiger partial charge on any atom is -0.485 e. The molecule has 5 nitrogen and oxygen atoms in total. The molecule has 0 aliphatic carbocycles. The Morgan fingerprint density at radius 2 is 1.60 bits per heavy atom. The fourth-order valence-electron chi connectivity index (χ4n) is 2.17. The lowest BCUT2D eigenvalue weighted by molar-refractivity contribution is -0.118. The number of pyridine rings is 1. The van der Waals surface area contributed by atoms with Gasteiger partial charge in [0.05, 0.1) is 0 Å². The van der Waals surface area contributed by atoms with E-state index in [-0.39, 0.29) is 12.5 Å². The summed E-state index contributed by atoms with van der Waals surface area (Å²) in [5, 5.41) is 2.72. The number of ether oxygens (including phenoxy) is 2. The summed E-state index contributed by atoms with van der Waals surface area (Å²) < 4.78 is 11.2. The normalized spacial score (nSPS) is 10.1. The summed E-state index contributed by atoms with van der Waals surface area (Å²) in [7, 11) is 0. The van der Waals surface area contributed by atoms with Gasteiger partial charge in [-0.1, -0.05) is 48.5 Å². The lowest BCUT2D eigenvalue weighted by Crippen LogP contribution is -2.21. The van der Waals surface area contributed by atoms with Crippen LogP contribution in [0.5, 0.6) is 11.5 Å². The molecule has 1 heterocycles. The molecule has 0 bridgehead atoms. The SMILES string of the molecule is O=C(COc1ccccc1)Nc1ncccc1OCc1ccccc1. The Kier molecular flexibility index (Phi) is 5.61. The zero-order valence-electron chi connectivity index (χ0n) is 13.6. The second-order valence-electron chi connectivity index (χ2n) is 5.27. The Morgan fingerprint density at radius 3 is 2.36 bits per heavy atom. The standard InChI is InChI=1S/C20H18N2O3/c23-19(15-24-17-10-5-2-6-11-17)22-20-18(12-7-13-21-20)25-14-16-8-3-1-4-9-16/h1-13H,14-15H2,(H,21,22,23). The van der Waals surface area contributed by atoms with Gasteiger partial charge in [0.15, 0.2) is 18.2 Å². The van der Waals surface area contributed by atoms with Gasteiger partial charge in [-0.15, -0.1) is 0 Å². The van der Waals surface area contributed by atoms with E-state index in [9.17, 15) is 4.79 Å². The topological polar surface area (TPSA) is 60.5 Å². The first kappa shape index (κ1) is 16.5. The Labute approximate surface area is 146 Å². The molecule has 0 saturated carbocycles. The van der Waals surface area contributed by atoms with Crippen LogP contribution in [0.15, 0.2) is 79.0 Å². The first-order valence-electron chi connectivity index (χ1n) is 7.91. The second-order valence-corrected chi connectivity index (χ2v) is 5.27. The number of anilines is 1. The molecule has 3 aromatic rings. The third-order valence-corrected chi connectivity index (χ3v) is 3.38. The highest BCUT2D eigenvalue weighted by Gasteiger charge is 2.10. The molecule has 1 N–H and O–H groups in total. The summed E-state index contributed by atoms with van der Waals surface area (Å²) in [6.45, 7) is 0.300. The van der Waals surface area contributed by atoms with Crippen LogP contribution in [0.1, 0.15) is 5.56 Å². The highest BCUT2D eigenvalue weighted by atomic mass is 16.5. The van der Waals surface area contributed by atoms with E-state index in [1.165, 1.54) is 0 Å². The van der Waals surface area contributed by atoms with Gasteiger partial charge in [0, 0.05) is 6.20 Å². The Morgan fingerprint density at radius 1 is 0.880 bits per heavy atom. The summed E-state index contributed by atoms with van der Waals surface area (Å²) in [5.41, 5.74) is 1.04. The molecule has 0 unspecified atom stereocenters. The molecule has 0 spiro atoms. The van der Waals surface area contributed by atoms with Crippen molar-refractivity contribution < 1.29 is 14.3 Å². The van der Waals surface area contributed by atoms with Gasteiger partial charge in [0.1, 0.15) is 12.4 Å². The number of carbonyl (C=O) groups excluding carboxylic acids is 1. The average Bonchev–Trinajstić information content (AvgIpc) is 2.67. The van der Waals surface area contributed by atoms with Crippen LogP contribution >= 0.6 is 0 Å². The molecule has 0 fully saturated rings. The highest BCUT2D eigenvalue weighted by Crippen LogP contribution is 2.22. The maximum atomic E-state index is 12.1. The van der Waals surface area contributed by atoms with E-state index < -0.39 is 0 Å². The smallest absolute Gasteiger partial charge is 0.263 e. The third kappa shape index (κ3) is 5.07. The fraction of sp³-hybridized carbons (Fsp3) is 0.100. The molecule has 0 aliphatic heterocycles. The summed E-state index contributed by atoms with van der Waals surface area (Å²) in [5.74, 6) is 1.23. The van der Waals surface area contributed by atoms with Gasteiger partial charge in [-0.3, -0.25) is 4.79 Å². The monoisotopic (exact) mass is 334 g/mol. The predicted octanol–water partition coefficient (Wildman–Crippen LogP) is 3.68. The number of aromatic nitrogens is 1. The number of amides is 1. The van der Waals surface area contributed by atoms with E-state index in [0.29, 0.717) is 23.9 Å². The number of rotatable bonds is 7. The van der Waals surface area contributed by atoms with Gasteiger partial charge in [-0.05, 0) is 29.8 Å². The number of benzene rings is 2. The van der Waals surface area contributed by atoms with Crippen LogP contribution < -0.4 is 14.8 Å². The van der Waals surface area contributed by atoms with Crippen LogP contribution in [0.25, 0.3) is 0 Å². The molecule has 0 radical (unpaired) electrons. The largest absolute Gasteiger partial charge is 0.485 e. The maximum absolute atomic E-state index is 12.1. The predicted molar refractivity (Wildman–Crippen MR) is 95.6 cm³/mol. The molecular weight excluding hydrogens is 316 g/mol. The van der Waals surface area contributed by atoms with Gasteiger partial charge in [0.2, 0.25) is 0 Å². The van der Waals surface area contributed by atoms with Gasteiger partial charge < -0.3 is 14.8 Å². The highest BCUT2D eigenvalue weighted by molar-refractivity contribution is 5.92. The zero-order chi connectivity index (χ0) is 17.3. The molecule has 0 atom stereocenters. The Hall–Kier alpha value is -3.34. The minimum atomic E-state index is -0.299. The lowest BCUT2D eigenvalue weighted by atomic mass is 10.2. The molecule has 0 aliphatic rings. The number of carbonyl (C=O) groups is 1. The third-order valence-electron chi connectivity index (χ3n) is 3.38. The molecule has 3 rings (SSSR count). The van der Waals surface area contributed by atoms with Crippen LogP contribution in [-0.4, -0.2) is 17.5 Å². The summed E-state index contributed by atoms with van der Waals surface area (Å²) in [6, 6.07) is 22.5. The molecule has 25 heavy (non-hydrogen) atoms. The van der Waals surface area contributed by atoms with Crippen LogP contribution in [0.4, 0.5) is 5.82 Å². The number of hydrogen-bond acceptors (Lipinski definition) is 4. The quantitative estimate of drug-likeness (QED) is 0.716. The van der Waals surface area contributed by atoms with Crippen LogP contribution in [0.2, 0.25) is 0 Å². The van der Waals surface area contributed by atoms with Crippen molar-refractivity contribution in [1.29, 1.82) is 0 Å². The van der Waals surface area contributed by atoms with Crippen LogP contribution in [0, 0.1) is 0 Å². The summed E-state index contributed by atoms with van der Waals surface area (Å²) in [4.78, 5) is 16.3. The average molecular weight is 334 g/mol. The number of para-hydroxylation sites is 1. The van der Waals surface area contributed by atoms with E-state index in [4.69, 9.17) is 9.47 Å². The lowest BCUT2D eigenvalue weighted by Gasteiger charge is -2.12. The molecule has 1 aromatic heterocycles. The van der Waals surface area contributed by atoms with E-state index in [1.54, 1.807) is 30.5 Å². The van der Waals surface area contributed by atoms with Crippen LogP contribution in [-0.2, 0) is 11.4 Å². The van der Waals surface area contributed by atoms with Gasteiger partial charge in [0.25, 0.3) is 5.91 Å². The van der Waals surface area contributed by atoms with Gasteiger partial charge in [-0.25, -0.2) is 4.98 Å². The number of hydrogen-bond donors (Lipinski definition) is 1. The van der Waals surface area contributed by atoms with E-state index >= 15 is 0 Å². The fourth-order valence-corrected chi connectivity index (χ4v) is 2.17. The van der Waals surface area contributed by atoms with Crippen molar-refractivity contribution >= 4 is 11.7 Å². The van der Waals surface area contributed by atoms with Crippen molar-refractivity contribution in [3.05, 3.63) is 84.6 Å². The van der Waals surface area contributed by atoms with E-state index in [0.717, 1.165) is 5.56 Å². The van der Waals surface area contributed by atoms with Crippen LogP contribution in [0.3, 0.4) is 0 Å². The Bertz CT molecular complexity index is 807. The zero-order valence-corrected chi connectivity index (χ0v) is 13.6. The molecule has 1 amide bonds. The van der Waals surface area contributed by atoms with Crippen molar-refractivity contribution in [3.8, 4) is 11.5 Å². The molecule has 0 saturated heterocycles. The van der Waals surface area contributed by atoms with Gasteiger partial charge >= 0.3 is 0 Å². The minimum absolute atomic E-state index is 0.0985.